The van der Waals surface area contributed by atoms with E-state index in [1.165, 1.54) is 7.11 Å². The highest BCUT2D eigenvalue weighted by atomic mass is 35.5. The summed E-state index contributed by atoms with van der Waals surface area (Å²) < 4.78 is 5.31. The van der Waals surface area contributed by atoms with E-state index in [-0.39, 0.29) is 24.3 Å². The molecule has 2 heterocycles. The monoisotopic (exact) mass is 621 g/mol. The fourth-order valence-electron chi connectivity index (χ4n) is 6.02. The van der Waals surface area contributed by atoms with E-state index in [0.717, 1.165) is 116 Å². The van der Waals surface area contributed by atoms with Crippen LogP contribution in [0.2, 0.25) is 5.02 Å². The van der Waals surface area contributed by atoms with E-state index in [9.17, 15) is 14.4 Å². The maximum absolute atomic E-state index is 12.8. The number of nitrogens with one attached hydrogen (secondary N) is 2. The molecule has 1 aromatic rings. The van der Waals surface area contributed by atoms with Crippen molar-refractivity contribution in [2.45, 2.75) is 102 Å². The zero-order valence-electron chi connectivity index (χ0n) is 25.9. The van der Waals surface area contributed by atoms with Crippen LogP contribution in [0.4, 0.5) is 5.69 Å². The van der Waals surface area contributed by atoms with Crippen LogP contribution < -0.4 is 21.1 Å². The number of hydrogen-bond donors (Lipinski definition) is 4. The number of carboxylic acids is 1. The summed E-state index contributed by atoms with van der Waals surface area (Å²) in [6.07, 6.45) is 12.9. The highest BCUT2D eigenvalue weighted by Crippen LogP contribution is 2.29. The number of halogens is 1. The number of rotatable bonds is 18. The van der Waals surface area contributed by atoms with Crippen molar-refractivity contribution in [1.29, 1.82) is 0 Å². The third-order valence-electron chi connectivity index (χ3n) is 8.68. The van der Waals surface area contributed by atoms with Gasteiger partial charge < -0.3 is 36.0 Å². The number of anilines is 1. The van der Waals surface area contributed by atoms with E-state index < -0.39 is 5.97 Å². The van der Waals surface area contributed by atoms with Gasteiger partial charge in [-0.05, 0) is 70.5 Å². The summed E-state index contributed by atoms with van der Waals surface area (Å²) in [4.78, 5) is 40.8. The lowest BCUT2D eigenvalue weighted by atomic mass is 10.0. The first-order valence-corrected chi connectivity index (χ1v) is 16.5. The lowest BCUT2D eigenvalue weighted by Crippen LogP contribution is -2.45. The number of hydrogen-bond acceptors (Lipinski definition) is 7. The quantitative estimate of drug-likeness (QED) is 0.137. The first-order chi connectivity index (χ1) is 20.7. The molecule has 242 valence electrons. The third kappa shape index (κ3) is 12.9. The SMILES string of the molecule is COc1cc(N)c(Cl)cc1C(=O)NC1CCN(CCCCCC(=O)NC2CCN(CCCCCCCC(=O)O)CC2)CC1. The minimum atomic E-state index is -0.701. The van der Waals surface area contributed by atoms with Crippen molar-refractivity contribution in [3.05, 3.63) is 22.7 Å². The number of unbranched alkanes of at least 4 members (excludes halogenated alkanes) is 6. The summed E-state index contributed by atoms with van der Waals surface area (Å²) in [5, 5.41) is 15.4. The average molecular weight is 622 g/mol. The molecule has 0 aromatic heterocycles. The summed E-state index contributed by atoms with van der Waals surface area (Å²) in [7, 11) is 1.51. The number of amides is 2. The molecule has 43 heavy (non-hydrogen) atoms. The number of benzene rings is 1. The van der Waals surface area contributed by atoms with Gasteiger partial charge in [0.25, 0.3) is 5.91 Å². The Morgan fingerprint density at radius 2 is 1.35 bits per heavy atom. The van der Waals surface area contributed by atoms with Gasteiger partial charge in [-0.15, -0.1) is 0 Å². The first-order valence-electron chi connectivity index (χ1n) is 16.1. The van der Waals surface area contributed by atoms with Gasteiger partial charge in [0, 0.05) is 57.2 Å². The van der Waals surface area contributed by atoms with Crippen LogP contribution in [-0.4, -0.2) is 91.2 Å². The van der Waals surface area contributed by atoms with Gasteiger partial charge in [0.05, 0.1) is 23.4 Å². The molecule has 11 heteroatoms. The number of carbonyl (C=O) groups excluding carboxylic acids is 2. The normalized spacial score (nSPS) is 17.1. The lowest BCUT2D eigenvalue weighted by Gasteiger charge is -2.32. The number of carbonyl (C=O) groups is 3. The summed E-state index contributed by atoms with van der Waals surface area (Å²) in [5.74, 6) is -0.301. The van der Waals surface area contributed by atoms with Crippen LogP contribution in [0.25, 0.3) is 0 Å². The van der Waals surface area contributed by atoms with Gasteiger partial charge in [0.15, 0.2) is 0 Å². The van der Waals surface area contributed by atoms with E-state index in [4.69, 9.17) is 27.2 Å². The Morgan fingerprint density at radius 1 is 0.837 bits per heavy atom. The van der Waals surface area contributed by atoms with Gasteiger partial charge in [0.1, 0.15) is 5.75 Å². The molecule has 0 radical (unpaired) electrons. The Balaban J connectivity index is 1.18. The molecule has 5 N–H and O–H groups in total. The van der Waals surface area contributed by atoms with Crippen LogP contribution in [-0.2, 0) is 9.59 Å². The Kier molecular flexibility index (Phi) is 15.4. The largest absolute Gasteiger partial charge is 0.496 e. The van der Waals surface area contributed by atoms with Crippen molar-refractivity contribution in [2.75, 3.05) is 52.1 Å². The zero-order chi connectivity index (χ0) is 31.0. The maximum Gasteiger partial charge on any atom is 0.303 e. The minimum Gasteiger partial charge on any atom is -0.496 e. The molecule has 0 saturated carbocycles. The van der Waals surface area contributed by atoms with Gasteiger partial charge in [0.2, 0.25) is 5.91 Å². The highest BCUT2D eigenvalue weighted by molar-refractivity contribution is 6.33. The molecule has 0 atom stereocenters. The summed E-state index contributed by atoms with van der Waals surface area (Å²) in [6.45, 7) is 6.07. The molecular formula is C32H52ClN5O5. The molecule has 3 rings (SSSR count). The molecule has 0 aliphatic carbocycles. The van der Waals surface area contributed by atoms with Crippen molar-refractivity contribution in [2.24, 2.45) is 0 Å². The molecule has 0 spiro atoms. The molecule has 10 nitrogen and oxygen atoms in total. The van der Waals surface area contributed by atoms with Crippen molar-refractivity contribution in [3.8, 4) is 5.75 Å². The van der Waals surface area contributed by atoms with Crippen molar-refractivity contribution < 1.29 is 24.2 Å². The topological polar surface area (TPSA) is 137 Å². The van der Waals surface area contributed by atoms with Gasteiger partial charge >= 0.3 is 5.97 Å². The first kappa shape index (κ1) is 34.9. The number of carboxylic acid groups (broad SMARTS) is 1. The Hall–Kier alpha value is -2.56. The Morgan fingerprint density at radius 3 is 1.93 bits per heavy atom. The second-order valence-corrected chi connectivity index (χ2v) is 12.5. The molecule has 0 unspecified atom stereocenters. The fourth-order valence-corrected chi connectivity index (χ4v) is 6.18. The van der Waals surface area contributed by atoms with E-state index >= 15 is 0 Å². The van der Waals surface area contributed by atoms with Gasteiger partial charge in [-0.25, -0.2) is 0 Å². The number of ether oxygens (including phenoxy) is 1. The summed E-state index contributed by atoms with van der Waals surface area (Å²) in [6, 6.07) is 3.54. The fraction of sp³-hybridized carbons (Fsp3) is 0.719. The molecule has 2 saturated heterocycles. The Bertz CT molecular complexity index is 1030. The van der Waals surface area contributed by atoms with Crippen LogP contribution in [0.5, 0.6) is 5.75 Å². The second kappa shape index (κ2) is 19.0. The lowest BCUT2D eigenvalue weighted by molar-refractivity contribution is -0.137. The van der Waals surface area contributed by atoms with E-state index in [1.807, 2.05) is 0 Å². The smallest absolute Gasteiger partial charge is 0.303 e. The standard InChI is InChI=1S/C32H52ClN5O5/c1-43-29-23-28(34)27(33)22-26(29)32(42)36-25-14-20-38(21-15-25)17-9-5-6-10-30(39)35-24-12-18-37(19-13-24)16-8-4-2-3-7-11-31(40)41/h22-25H,2-21,34H2,1H3,(H,35,39)(H,36,42)(H,40,41). The van der Waals surface area contributed by atoms with E-state index in [2.05, 4.69) is 20.4 Å². The summed E-state index contributed by atoms with van der Waals surface area (Å²) in [5.41, 5.74) is 6.61. The molecule has 2 aliphatic rings. The number of nitrogen functional groups attached to an aromatic ring is 1. The van der Waals surface area contributed by atoms with Gasteiger partial charge in [-0.1, -0.05) is 37.3 Å². The van der Waals surface area contributed by atoms with Crippen LogP contribution >= 0.6 is 11.6 Å². The Labute approximate surface area is 262 Å². The molecule has 1 aromatic carbocycles. The number of aliphatic carboxylic acids is 1. The van der Waals surface area contributed by atoms with Crippen LogP contribution in [0, 0.1) is 0 Å². The molecule has 2 amide bonds. The van der Waals surface area contributed by atoms with E-state index in [1.54, 1.807) is 12.1 Å². The van der Waals surface area contributed by atoms with Crippen LogP contribution in [0.15, 0.2) is 12.1 Å². The molecule has 2 fully saturated rings. The van der Waals surface area contributed by atoms with Gasteiger partial charge in [-0.2, -0.15) is 0 Å². The summed E-state index contributed by atoms with van der Waals surface area (Å²) >= 11 is 6.12. The van der Waals surface area contributed by atoms with Crippen LogP contribution in [0.3, 0.4) is 0 Å². The second-order valence-electron chi connectivity index (χ2n) is 12.1. The number of piperidine rings is 2. The minimum absolute atomic E-state index is 0.113. The van der Waals surface area contributed by atoms with E-state index in [0.29, 0.717) is 34.5 Å². The number of nitrogens with two attached hydrogens (primary N) is 1. The number of nitrogens with zero attached hydrogens (tertiary/aromatic N) is 2. The average Bonchev–Trinajstić information content (AvgIpc) is 2.99. The maximum atomic E-state index is 12.8. The molecule has 2 aliphatic heterocycles. The highest BCUT2D eigenvalue weighted by Gasteiger charge is 2.23. The number of methoxy groups -OCH3 is 1. The molecule has 0 bridgehead atoms. The third-order valence-corrected chi connectivity index (χ3v) is 9.01. The zero-order valence-corrected chi connectivity index (χ0v) is 26.6. The predicted octanol–water partition coefficient (Wildman–Crippen LogP) is 4.69. The predicted molar refractivity (Wildman–Crippen MR) is 171 cm³/mol. The van der Waals surface area contributed by atoms with Crippen molar-refractivity contribution in [1.82, 2.24) is 20.4 Å². The van der Waals surface area contributed by atoms with Gasteiger partial charge in [-0.3, -0.25) is 14.4 Å². The number of likely N-dealkylation sites (tertiary alicyclic amines) is 2. The molecular weight excluding hydrogens is 570 g/mol. The van der Waals surface area contributed by atoms with Crippen molar-refractivity contribution in [3.63, 3.8) is 0 Å². The van der Waals surface area contributed by atoms with Crippen molar-refractivity contribution >= 4 is 35.1 Å². The van der Waals surface area contributed by atoms with Crippen LogP contribution in [0.1, 0.15) is 100 Å².